The van der Waals surface area contributed by atoms with E-state index < -0.39 is 17.7 Å². The number of aromatic hydroxyl groups is 2. The molecule has 166 valence electrons. The Bertz CT molecular complexity index is 865. The highest BCUT2D eigenvalue weighted by Crippen LogP contribution is 2.19. The van der Waals surface area contributed by atoms with E-state index in [4.69, 9.17) is 4.84 Å². The molecule has 0 aliphatic carbocycles. The van der Waals surface area contributed by atoms with Crippen LogP contribution in [0.4, 0.5) is 0 Å². The number of hydrogen-bond donors (Lipinski definition) is 2. The molecule has 0 unspecified atom stereocenters. The maximum Gasteiger partial charge on any atom is 0.333 e. The third-order valence-corrected chi connectivity index (χ3v) is 4.96. The summed E-state index contributed by atoms with van der Waals surface area (Å²) in [5.74, 6) is -2.30. The topological polar surface area (TPSA) is 133 Å². The molecular formula is C20H24N4O7. The molecule has 0 radical (unpaired) electrons. The molecule has 31 heavy (non-hydrogen) atoms. The smallest absolute Gasteiger partial charge is 0.333 e. The van der Waals surface area contributed by atoms with E-state index in [0.717, 1.165) is 12.1 Å². The van der Waals surface area contributed by atoms with Crippen molar-refractivity contribution in [3.8, 4) is 11.8 Å². The fraction of sp³-hybridized carbons (Fsp3) is 0.400. The molecule has 0 fully saturated rings. The number of carbonyl (C=O) groups is 4. The average Bonchev–Trinajstić information content (AvgIpc) is 3.43. The molecule has 0 saturated carbocycles. The largest absolute Gasteiger partial charge is 0.492 e. The predicted octanol–water partition coefficient (Wildman–Crippen LogP) is -0.740. The number of carbonyl (C=O) groups excluding carboxylic acids is 4. The van der Waals surface area contributed by atoms with Crippen LogP contribution < -0.4 is 4.84 Å². The first kappa shape index (κ1) is 21.9. The van der Waals surface area contributed by atoms with Gasteiger partial charge in [-0.05, 0) is 0 Å². The first-order valence-corrected chi connectivity index (χ1v) is 9.84. The van der Waals surface area contributed by atoms with Crippen LogP contribution in [0.5, 0.6) is 11.8 Å². The SMILES string of the molecule is O=C(CCC(=O)N(CCN1CC=CC1=O)CCN1CC=CC1=O)On1c(O)ccc1O. The summed E-state index contributed by atoms with van der Waals surface area (Å²) in [6.45, 7) is 2.14. The summed E-state index contributed by atoms with van der Waals surface area (Å²) in [6, 6.07) is 2.30. The number of amides is 3. The van der Waals surface area contributed by atoms with Gasteiger partial charge in [0, 0.05) is 70.0 Å². The van der Waals surface area contributed by atoms with Crippen LogP contribution in [0.15, 0.2) is 36.4 Å². The van der Waals surface area contributed by atoms with Gasteiger partial charge in [-0.3, -0.25) is 14.4 Å². The van der Waals surface area contributed by atoms with Crippen molar-refractivity contribution in [1.29, 1.82) is 0 Å². The molecule has 1 aromatic heterocycles. The van der Waals surface area contributed by atoms with Crippen molar-refractivity contribution >= 4 is 23.7 Å². The van der Waals surface area contributed by atoms with Crippen LogP contribution in [-0.4, -0.2) is 92.6 Å². The van der Waals surface area contributed by atoms with Crippen molar-refractivity contribution in [1.82, 2.24) is 19.4 Å². The van der Waals surface area contributed by atoms with E-state index in [0.29, 0.717) is 30.9 Å². The lowest BCUT2D eigenvalue weighted by molar-refractivity contribution is -0.147. The lowest BCUT2D eigenvalue weighted by Gasteiger charge is -2.27. The summed E-state index contributed by atoms with van der Waals surface area (Å²) in [4.78, 5) is 57.8. The first-order valence-electron chi connectivity index (χ1n) is 9.84. The minimum Gasteiger partial charge on any atom is -0.492 e. The van der Waals surface area contributed by atoms with Gasteiger partial charge in [0.2, 0.25) is 29.5 Å². The summed E-state index contributed by atoms with van der Waals surface area (Å²) < 4.78 is 0.558. The Morgan fingerprint density at radius 3 is 1.87 bits per heavy atom. The highest BCUT2D eigenvalue weighted by atomic mass is 16.7. The van der Waals surface area contributed by atoms with Crippen molar-refractivity contribution in [3.63, 3.8) is 0 Å². The second-order valence-electron chi connectivity index (χ2n) is 7.06. The molecule has 1 aromatic rings. The Balaban J connectivity index is 1.53. The Labute approximate surface area is 178 Å². The van der Waals surface area contributed by atoms with Crippen LogP contribution >= 0.6 is 0 Å². The van der Waals surface area contributed by atoms with Crippen LogP contribution in [-0.2, 0) is 19.2 Å². The zero-order valence-corrected chi connectivity index (χ0v) is 16.8. The van der Waals surface area contributed by atoms with Crippen molar-refractivity contribution < 1.29 is 34.2 Å². The summed E-state index contributed by atoms with van der Waals surface area (Å²) in [5.41, 5.74) is 0. The van der Waals surface area contributed by atoms with Crippen LogP contribution in [0.1, 0.15) is 12.8 Å². The molecule has 3 rings (SSSR count). The van der Waals surface area contributed by atoms with E-state index in [2.05, 4.69) is 0 Å². The van der Waals surface area contributed by atoms with Crippen LogP contribution in [0, 0.1) is 0 Å². The maximum absolute atomic E-state index is 12.7. The number of nitrogens with zero attached hydrogens (tertiary/aromatic N) is 4. The first-order chi connectivity index (χ1) is 14.8. The second-order valence-corrected chi connectivity index (χ2v) is 7.06. The fourth-order valence-electron chi connectivity index (χ4n) is 3.21. The Morgan fingerprint density at radius 1 is 0.903 bits per heavy atom. The molecule has 0 aromatic carbocycles. The molecular weight excluding hydrogens is 408 g/mol. The number of aromatic nitrogens is 1. The number of rotatable bonds is 10. The van der Waals surface area contributed by atoms with Crippen molar-refractivity contribution in [3.05, 3.63) is 36.4 Å². The Kier molecular flexibility index (Phi) is 6.96. The van der Waals surface area contributed by atoms with Crippen LogP contribution in [0.2, 0.25) is 0 Å². The van der Waals surface area contributed by atoms with Crippen molar-refractivity contribution in [2.45, 2.75) is 12.8 Å². The molecule has 3 heterocycles. The molecule has 3 amide bonds. The van der Waals surface area contributed by atoms with Crippen molar-refractivity contribution in [2.75, 3.05) is 39.3 Å². The lowest BCUT2D eigenvalue weighted by Crippen LogP contribution is -2.43. The van der Waals surface area contributed by atoms with Gasteiger partial charge < -0.3 is 29.8 Å². The molecule has 0 bridgehead atoms. The van der Waals surface area contributed by atoms with Gasteiger partial charge in [-0.1, -0.05) is 12.2 Å². The van der Waals surface area contributed by atoms with Gasteiger partial charge in [-0.15, -0.1) is 4.73 Å². The minimum atomic E-state index is -0.812. The molecule has 2 aliphatic rings. The van der Waals surface area contributed by atoms with Gasteiger partial charge in [-0.2, -0.15) is 0 Å². The van der Waals surface area contributed by atoms with Crippen molar-refractivity contribution in [2.24, 2.45) is 0 Å². The highest BCUT2D eigenvalue weighted by molar-refractivity contribution is 5.90. The molecule has 0 atom stereocenters. The predicted molar refractivity (Wildman–Crippen MR) is 107 cm³/mol. The maximum atomic E-state index is 12.7. The summed E-state index contributed by atoms with van der Waals surface area (Å²) in [7, 11) is 0. The van der Waals surface area contributed by atoms with Gasteiger partial charge in [0.05, 0.1) is 6.42 Å². The quantitative estimate of drug-likeness (QED) is 0.498. The van der Waals surface area contributed by atoms with Gasteiger partial charge in [0.1, 0.15) is 0 Å². The van der Waals surface area contributed by atoms with E-state index >= 15 is 0 Å². The molecule has 2 aliphatic heterocycles. The Morgan fingerprint density at radius 2 is 1.42 bits per heavy atom. The third-order valence-electron chi connectivity index (χ3n) is 4.96. The van der Waals surface area contributed by atoms with Crippen LogP contribution in [0.25, 0.3) is 0 Å². The summed E-state index contributed by atoms with van der Waals surface area (Å²) >= 11 is 0. The lowest BCUT2D eigenvalue weighted by atomic mass is 10.2. The summed E-state index contributed by atoms with van der Waals surface area (Å²) in [5, 5.41) is 19.0. The van der Waals surface area contributed by atoms with Gasteiger partial charge in [0.25, 0.3) is 0 Å². The molecule has 11 nitrogen and oxygen atoms in total. The highest BCUT2D eigenvalue weighted by Gasteiger charge is 2.22. The fourth-order valence-corrected chi connectivity index (χ4v) is 3.21. The molecule has 11 heteroatoms. The normalized spacial score (nSPS) is 15.2. The average molecular weight is 432 g/mol. The molecule has 0 saturated heterocycles. The van der Waals surface area contributed by atoms with E-state index in [9.17, 15) is 29.4 Å². The monoisotopic (exact) mass is 432 g/mol. The van der Waals surface area contributed by atoms with Gasteiger partial charge >= 0.3 is 5.97 Å². The zero-order chi connectivity index (χ0) is 22.4. The Hall–Kier alpha value is -3.76. The molecule has 2 N–H and O–H groups in total. The van der Waals surface area contributed by atoms with Crippen LogP contribution in [0.3, 0.4) is 0 Å². The van der Waals surface area contributed by atoms with E-state index in [1.54, 1.807) is 22.0 Å². The van der Waals surface area contributed by atoms with Gasteiger partial charge in [0.15, 0.2) is 0 Å². The summed E-state index contributed by atoms with van der Waals surface area (Å²) in [6.07, 6.45) is 5.99. The third kappa shape index (κ3) is 5.65. The van der Waals surface area contributed by atoms with Gasteiger partial charge in [-0.25, -0.2) is 4.79 Å². The second kappa shape index (κ2) is 9.83. The standard InChI is InChI=1S/C20H24N4O7/c25-15-3-1-9-21(15)11-13-23(14-12-22-10-2-4-16(22)26)17(27)7-8-20(30)31-24-18(28)5-6-19(24)29/h1-6,28-29H,7-14H2. The zero-order valence-electron chi connectivity index (χ0n) is 16.8. The minimum absolute atomic E-state index is 0.124. The van der Waals surface area contributed by atoms with E-state index in [1.165, 1.54) is 17.1 Å². The number of hydrogen-bond acceptors (Lipinski definition) is 7. The molecule has 0 spiro atoms. The van der Waals surface area contributed by atoms with E-state index in [1.807, 2.05) is 0 Å². The van der Waals surface area contributed by atoms with E-state index in [-0.39, 0.29) is 43.7 Å².